The zero-order valence-electron chi connectivity index (χ0n) is 13.6. The summed E-state index contributed by atoms with van der Waals surface area (Å²) in [7, 11) is 0. The first-order valence-electron chi connectivity index (χ1n) is 7.28. The molecule has 0 bridgehead atoms. The van der Waals surface area contributed by atoms with Crippen molar-refractivity contribution in [2.75, 3.05) is 23.8 Å². The van der Waals surface area contributed by atoms with Crippen LogP contribution in [0.25, 0.3) is 0 Å². The molecule has 4 N–H and O–H groups in total. The average Bonchev–Trinajstić information content (AvgIpc) is 3.29. The molecule has 0 aliphatic carbocycles. The summed E-state index contributed by atoms with van der Waals surface area (Å²) in [5, 5.41) is -1.20. The van der Waals surface area contributed by atoms with Gasteiger partial charge in [-0.3, -0.25) is 4.79 Å². The fourth-order valence-corrected chi connectivity index (χ4v) is 5.80. The summed E-state index contributed by atoms with van der Waals surface area (Å²) in [5.74, 6) is -2.80. The molecule has 3 rings (SSSR count). The van der Waals surface area contributed by atoms with E-state index in [-0.39, 0.29) is 24.3 Å². The molecule has 2 unspecified atom stereocenters. The molecule has 2 aromatic rings. The maximum absolute atomic E-state index is 12.7. The number of nitrogens with two attached hydrogens (primary N) is 2. The maximum Gasteiger partial charge on any atom is 0.377 e. The number of hydrogen-bond donors (Lipinski definition) is 2. The fourth-order valence-electron chi connectivity index (χ4n) is 2.12. The van der Waals surface area contributed by atoms with E-state index in [2.05, 4.69) is 18.7 Å². The number of aromatic nitrogens is 4. The van der Waals surface area contributed by atoms with E-state index in [1.54, 1.807) is 6.92 Å². The zero-order chi connectivity index (χ0) is 19.6. The second-order valence-electron chi connectivity index (χ2n) is 4.99. The van der Waals surface area contributed by atoms with Gasteiger partial charge in [0.15, 0.2) is 8.68 Å². The lowest BCUT2D eigenvalue weighted by atomic mass is 10.0. The molecule has 0 amide bonds. The second kappa shape index (κ2) is 7.95. The summed E-state index contributed by atoms with van der Waals surface area (Å²) in [6.07, 6.45) is 0. The van der Waals surface area contributed by atoms with Gasteiger partial charge in [-0.15, -0.1) is 0 Å². The quantitative estimate of drug-likeness (QED) is 0.335. The molecule has 0 saturated carbocycles. The Morgan fingerprint density at radius 3 is 2.41 bits per heavy atom. The smallest absolute Gasteiger partial charge is 0.377 e. The van der Waals surface area contributed by atoms with Crippen molar-refractivity contribution in [3.8, 4) is 0 Å². The molecule has 27 heavy (non-hydrogen) atoms. The van der Waals surface area contributed by atoms with Crippen molar-refractivity contribution in [3.63, 3.8) is 0 Å². The normalized spacial score (nSPS) is 22.0. The van der Waals surface area contributed by atoms with Gasteiger partial charge in [-0.2, -0.15) is 18.7 Å². The Hall–Kier alpha value is -1.97. The van der Waals surface area contributed by atoms with E-state index in [1.165, 1.54) is 0 Å². The molecule has 0 aromatic carbocycles. The Morgan fingerprint density at radius 1 is 1.22 bits per heavy atom. The molecule has 1 saturated heterocycles. The molecular formula is C12H12N6O5S4. The number of cyclic esters (lactones) is 1. The van der Waals surface area contributed by atoms with E-state index in [0.29, 0.717) is 8.68 Å². The molecule has 11 nitrogen and oxygen atoms in total. The highest BCUT2D eigenvalue weighted by atomic mass is 32.2. The molecule has 144 valence electrons. The third kappa shape index (κ3) is 3.99. The van der Waals surface area contributed by atoms with E-state index >= 15 is 0 Å². The predicted molar refractivity (Wildman–Crippen MR) is 99.5 cm³/mol. The monoisotopic (exact) mass is 448 g/mol. The number of ether oxygens (including phenoxy) is 2. The van der Waals surface area contributed by atoms with Crippen LogP contribution in [0.3, 0.4) is 0 Å². The van der Waals surface area contributed by atoms with Gasteiger partial charge in [-0.1, -0.05) is 23.5 Å². The van der Waals surface area contributed by atoms with Gasteiger partial charge < -0.3 is 20.9 Å². The van der Waals surface area contributed by atoms with Crippen LogP contribution < -0.4 is 11.5 Å². The summed E-state index contributed by atoms with van der Waals surface area (Å²) in [4.78, 5) is 45.1. The average molecular weight is 449 g/mol. The van der Waals surface area contributed by atoms with Gasteiger partial charge in [0.2, 0.25) is 17.5 Å². The second-order valence-corrected chi connectivity index (χ2v) is 9.07. The van der Waals surface area contributed by atoms with Crippen molar-refractivity contribution in [3.05, 3.63) is 0 Å². The number of anilines is 2. The standard InChI is InChI=1S/C12H12N6O5S4/c1-2-22-7(21)12(3-24-10-15-8(13)17-26-10)5(4(19)6(20)23-12)25-11-16-9(14)18-27-11/h5H,2-3H2,1H3,(H2,13,17)(H2,14,18). The van der Waals surface area contributed by atoms with Crippen LogP contribution in [-0.2, 0) is 23.9 Å². The molecule has 0 radical (unpaired) electrons. The summed E-state index contributed by atoms with van der Waals surface area (Å²) < 4.78 is 18.8. The van der Waals surface area contributed by atoms with Crippen LogP contribution in [0.15, 0.2) is 8.68 Å². The highest BCUT2D eigenvalue weighted by molar-refractivity contribution is 8.03. The van der Waals surface area contributed by atoms with E-state index in [4.69, 9.17) is 20.9 Å². The van der Waals surface area contributed by atoms with Gasteiger partial charge >= 0.3 is 11.9 Å². The van der Waals surface area contributed by atoms with Crippen LogP contribution in [-0.4, -0.2) is 59.6 Å². The highest BCUT2D eigenvalue weighted by Gasteiger charge is 2.62. The van der Waals surface area contributed by atoms with E-state index in [9.17, 15) is 14.4 Å². The SMILES string of the molecule is CCOC(=O)C1(CSc2nc(N)ns2)OC(=O)C(=O)C1Sc1nc(N)ns1. The number of carbonyl (C=O) groups is 3. The largest absolute Gasteiger partial charge is 0.463 e. The van der Waals surface area contributed by atoms with Crippen LogP contribution >= 0.6 is 46.6 Å². The molecule has 2 aromatic heterocycles. The van der Waals surface area contributed by atoms with Crippen molar-refractivity contribution in [2.45, 2.75) is 26.5 Å². The Labute approximate surface area is 168 Å². The molecule has 15 heteroatoms. The van der Waals surface area contributed by atoms with Crippen molar-refractivity contribution in [1.29, 1.82) is 0 Å². The Balaban J connectivity index is 1.92. The van der Waals surface area contributed by atoms with Crippen LogP contribution in [0.4, 0.5) is 11.9 Å². The lowest BCUT2D eigenvalue weighted by Crippen LogP contribution is -2.50. The first kappa shape index (κ1) is 19.8. The number of esters is 2. The van der Waals surface area contributed by atoms with Gasteiger partial charge in [-0.05, 0) is 30.0 Å². The number of thioether (sulfide) groups is 2. The predicted octanol–water partition coefficient (Wildman–Crippen LogP) is 0.235. The van der Waals surface area contributed by atoms with Crippen LogP contribution in [0.2, 0.25) is 0 Å². The summed E-state index contributed by atoms with van der Waals surface area (Å²) in [6, 6.07) is 0. The van der Waals surface area contributed by atoms with Crippen molar-refractivity contribution < 1.29 is 23.9 Å². The van der Waals surface area contributed by atoms with Gasteiger partial charge in [0.1, 0.15) is 5.25 Å². The number of rotatable bonds is 7. The molecule has 1 aliphatic heterocycles. The molecule has 2 atom stereocenters. The van der Waals surface area contributed by atoms with Gasteiger partial charge in [0.05, 0.1) is 12.4 Å². The first-order valence-corrected chi connectivity index (χ1v) is 10.7. The van der Waals surface area contributed by atoms with Crippen molar-refractivity contribution >= 4 is 76.2 Å². The Morgan fingerprint density at radius 2 is 1.85 bits per heavy atom. The number of nitrogen functional groups attached to an aromatic ring is 2. The number of ketones is 1. The van der Waals surface area contributed by atoms with Gasteiger partial charge in [-0.25, -0.2) is 9.59 Å². The highest BCUT2D eigenvalue weighted by Crippen LogP contribution is 2.43. The van der Waals surface area contributed by atoms with Crippen molar-refractivity contribution in [2.24, 2.45) is 0 Å². The lowest BCUT2D eigenvalue weighted by Gasteiger charge is -2.28. The van der Waals surface area contributed by atoms with Crippen LogP contribution in [0.5, 0.6) is 0 Å². The van der Waals surface area contributed by atoms with Crippen LogP contribution in [0.1, 0.15) is 6.92 Å². The number of Topliss-reactive ketones (excluding diaryl/α,β-unsaturated/α-hetero) is 1. The third-order valence-electron chi connectivity index (χ3n) is 3.23. The molecular weight excluding hydrogens is 436 g/mol. The van der Waals surface area contributed by atoms with Gasteiger partial charge in [0.25, 0.3) is 5.78 Å². The molecule has 1 aliphatic rings. The van der Waals surface area contributed by atoms with Crippen LogP contribution in [0, 0.1) is 0 Å². The van der Waals surface area contributed by atoms with Crippen molar-refractivity contribution in [1.82, 2.24) is 18.7 Å². The lowest BCUT2D eigenvalue weighted by molar-refractivity contribution is -0.171. The first-order chi connectivity index (χ1) is 12.9. The minimum absolute atomic E-state index is 0.0284. The summed E-state index contributed by atoms with van der Waals surface area (Å²) in [5.41, 5.74) is 9.14. The van der Waals surface area contributed by atoms with E-state index in [0.717, 1.165) is 46.6 Å². The number of hydrogen-bond acceptors (Lipinski definition) is 15. The number of nitrogens with zero attached hydrogens (tertiary/aromatic N) is 4. The molecule has 0 spiro atoms. The Bertz CT molecular complexity index is 887. The van der Waals surface area contributed by atoms with Gasteiger partial charge in [0, 0.05) is 0 Å². The summed E-state index contributed by atoms with van der Waals surface area (Å²) in [6.45, 7) is 1.66. The minimum Gasteiger partial charge on any atom is -0.463 e. The molecule has 1 fully saturated rings. The molecule has 3 heterocycles. The number of carbonyl (C=O) groups excluding carboxylic acids is 3. The fraction of sp³-hybridized carbons (Fsp3) is 0.417. The maximum atomic E-state index is 12.7. The zero-order valence-corrected chi connectivity index (χ0v) is 16.9. The summed E-state index contributed by atoms with van der Waals surface area (Å²) >= 11 is 3.93. The minimum atomic E-state index is -1.85. The van der Waals surface area contributed by atoms with E-state index < -0.39 is 28.6 Å². The Kier molecular flexibility index (Phi) is 5.83. The third-order valence-corrected chi connectivity index (χ3v) is 7.41. The van der Waals surface area contributed by atoms with E-state index in [1.807, 2.05) is 0 Å². The topological polar surface area (TPSA) is 173 Å².